The fourth-order valence-corrected chi connectivity index (χ4v) is 4.68. The lowest BCUT2D eigenvalue weighted by Gasteiger charge is -2.33. The number of ether oxygens (including phenoxy) is 3. The molecule has 0 radical (unpaired) electrons. The highest BCUT2D eigenvalue weighted by molar-refractivity contribution is 5.69. The first-order chi connectivity index (χ1) is 18.8. The number of nitrogens with one attached hydrogen (secondary N) is 1. The number of hydrogen-bond acceptors (Lipinski definition) is 6. The molecular formula is C31H47N3O5. The SMILES string of the molecule is CC(C)(C)OC(=O)N1CCC(CCOCC2CCNCC2)CC1.O=C(OCc1ccccc1)N1C=CC=CC1. The summed E-state index contributed by atoms with van der Waals surface area (Å²) >= 11 is 0. The minimum atomic E-state index is -0.406. The Morgan fingerprint density at radius 3 is 2.31 bits per heavy atom. The van der Waals surface area contributed by atoms with Crippen LogP contribution in [0.1, 0.15) is 58.4 Å². The zero-order valence-electron chi connectivity index (χ0n) is 24.0. The molecule has 0 saturated carbocycles. The molecular weight excluding hydrogens is 494 g/mol. The molecule has 0 aromatic heterocycles. The smallest absolute Gasteiger partial charge is 0.414 e. The predicted molar refractivity (Wildman–Crippen MR) is 153 cm³/mol. The summed E-state index contributed by atoms with van der Waals surface area (Å²) in [6.45, 7) is 12.3. The number of piperidine rings is 2. The van der Waals surface area contributed by atoms with Crippen molar-refractivity contribution in [3.05, 3.63) is 60.3 Å². The number of nitrogens with zero attached hydrogens (tertiary/aromatic N) is 2. The zero-order valence-corrected chi connectivity index (χ0v) is 24.0. The summed E-state index contributed by atoms with van der Waals surface area (Å²) < 4.78 is 16.5. The summed E-state index contributed by atoms with van der Waals surface area (Å²) in [6, 6.07) is 9.64. The van der Waals surface area contributed by atoms with E-state index in [0.717, 1.165) is 70.1 Å². The average Bonchev–Trinajstić information content (AvgIpc) is 2.95. The lowest BCUT2D eigenvalue weighted by Crippen LogP contribution is -2.41. The van der Waals surface area contributed by atoms with Gasteiger partial charge < -0.3 is 24.4 Å². The Labute approximate surface area is 234 Å². The Balaban J connectivity index is 0.000000230. The number of amides is 2. The molecule has 2 fully saturated rings. The van der Waals surface area contributed by atoms with Gasteiger partial charge in [-0.2, -0.15) is 0 Å². The summed E-state index contributed by atoms with van der Waals surface area (Å²) in [7, 11) is 0. The highest BCUT2D eigenvalue weighted by Gasteiger charge is 2.26. The van der Waals surface area contributed by atoms with Crippen molar-refractivity contribution < 1.29 is 23.8 Å². The molecule has 0 spiro atoms. The van der Waals surface area contributed by atoms with Gasteiger partial charge in [0.25, 0.3) is 0 Å². The largest absolute Gasteiger partial charge is 0.444 e. The number of likely N-dealkylation sites (tertiary alicyclic amines) is 1. The van der Waals surface area contributed by atoms with E-state index in [9.17, 15) is 9.59 Å². The first-order valence-corrected chi connectivity index (χ1v) is 14.4. The van der Waals surface area contributed by atoms with Crippen LogP contribution >= 0.6 is 0 Å². The maximum atomic E-state index is 12.0. The van der Waals surface area contributed by atoms with Gasteiger partial charge in [-0.25, -0.2) is 9.59 Å². The fourth-order valence-electron chi connectivity index (χ4n) is 4.68. The molecule has 3 heterocycles. The molecule has 0 atom stereocenters. The number of hydrogen-bond donors (Lipinski definition) is 1. The molecule has 1 N–H and O–H groups in total. The summed E-state index contributed by atoms with van der Waals surface area (Å²) in [5, 5.41) is 3.39. The van der Waals surface area contributed by atoms with Gasteiger partial charge in [-0.1, -0.05) is 42.5 Å². The van der Waals surface area contributed by atoms with E-state index >= 15 is 0 Å². The van der Waals surface area contributed by atoms with E-state index in [1.54, 1.807) is 6.20 Å². The van der Waals surface area contributed by atoms with Gasteiger partial charge in [-0.15, -0.1) is 0 Å². The van der Waals surface area contributed by atoms with E-state index in [1.807, 2.05) is 74.2 Å². The molecule has 216 valence electrons. The number of benzene rings is 1. The van der Waals surface area contributed by atoms with Gasteiger partial charge in [0, 0.05) is 39.0 Å². The van der Waals surface area contributed by atoms with Crippen LogP contribution in [0.2, 0.25) is 0 Å². The third-order valence-corrected chi connectivity index (χ3v) is 7.00. The van der Waals surface area contributed by atoms with E-state index in [2.05, 4.69) is 5.32 Å². The number of carbonyl (C=O) groups is 2. The maximum absolute atomic E-state index is 12.0. The quantitative estimate of drug-likeness (QED) is 0.443. The van der Waals surface area contributed by atoms with Crippen molar-refractivity contribution in [2.45, 2.75) is 65.1 Å². The Kier molecular flexibility index (Phi) is 12.8. The van der Waals surface area contributed by atoms with E-state index in [0.29, 0.717) is 19.1 Å². The van der Waals surface area contributed by atoms with Crippen molar-refractivity contribution in [3.63, 3.8) is 0 Å². The molecule has 39 heavy (non-hydrogen) atoms. The van der Waals surface area contributed by atoms with Gasteiger partial charge in [0.15, 0.2) is 0 Å². The molecule has 3 aliphatic heterocycles. The molecule has 1 aromatic rings. The van der Waals surface area contributed by atoms with Crippen molar-refractivity contribution in [2.24, 2.45) is 11.8 Å². The lowest BCUT2D eigenvalue weighted by atomic mass is 9.94. The minimum Gasteiger partial charge on any atom is -0.444 e. The first-order valence-electron chi connectivity index (χ1n) is 14.4. The van der Waals surface area contributed by atoms with Crippen molar-refractivity contribution in [3.8, 4) is 0 Å². The second-order valence-corrected chi connectivity index (χ2v) is 11.4. The number of carbonyl (C=O) groups excluding carboxylic acids is 2. The average molecular weight is 542 g/mol. The van der Waals surface area contributed by atoms with E-state index in [1.165, 1.54) is 17.7 Å². The molecule has 1 aromatic carbocycles. The standard InChI is InChI=1S/C18H34N2O3.C13H13NO2/c1-18(2,3)23-17(21)20-11-6-15(7-12-20)8-13-22-14-16-4-9-19-10-5-16;15-13(14-9-5-2-6-10-14)16-11-12-7-3-1-4-8-12/h15-16,19H,4-14H2,1-3H3;1-9H,10-11H2. The third-order valence-electron chi connectivity index (χ3n) is 7.00. The monoisotopic (exact) mass is 541 g/mol. The zero-order chi connectivity index (χ0) is 27.9. The Morgan fingerprint density at radius 2 is 1.67 bits per heavy atom. The summed E-state index contributed by atoms with van der Waals surface area (Å²) in [5.74, 6) is 1.42. The van der Waals surface area contributed by atoms with Crippen LogP contribution in [0.3, 0.4) is 0 Å². The normalized spacial score (nSPS) is 18.3. The summed E-state index contributed by atoms with van der Waals surface area (Å²) in [4.78, 5) is 27.0. The molecule has 2 saturated heterocycles. The van der Waals surface area contributed by atoms with Crippen LogP contribution in [0, 0.1) is 11.8 Å². The van der Waals surface area contributed by atoms with Crippen LogP contribution in [0.5, 0.6) is 0 Å². The second-order valence-electron chi connectivity index (χ2n) is 11.4. The highest BCUT2D eigenvalue weighted by Crippen LogP contribution is 2.22. The molecule has 0 aliphatic carbocycles. The Bertz CT molecular complexity index is 914. The van der Waals surface area contributed by atoms with Crippen molar-refractivity contribution in [1.82, 2.24) is 15.1 Å². The molecule has 4 rings (SSSR count). The number of rotatable bonds is 7. The van der Waals surface area contributed by atoms with Gasteiger partial charge in [-0.3, -0.25) is 4.90 Å². The fraction of sp³-hybridized carbons (Fsp3) is 0.613. The molecule has 0 bridgehead atoms. The lowest BCUT2D eigenvalue weighted by molar-refractivity contribution is 0.0159. The van der Waals surface area contributed by atoms with E-state index in [-0.39, 0.29) is 12.2 Å². The van der Waals surface area contributed by atoms with Gasteiger partial charge in [-0.05, 0) is 89.4 Å². The van der Waals surface area contributed by atoms with E-state index in [4.69, 9.17) is 14.2 Å². The third kappa shape index (κ3) is 12.3. The van der Waals surface area contributed by atoms with Crippen molar-refractivity contribution >= 4 is 12.2 Å². The maximum Gasteiger partial charge on any atom is 0.414 e. The molecule has 8 nitrogen and oxygen atoms in total. The van der Waals surface area contributed by atoms with Crippen LogP contribution < -0.4 is 5.32 Å². The summed E-state index contributed by atoms with van der Waals surface area (Å²) in [6.07, 6.45) is 12.6. The van der Waals surface area contributed by atoms with Crippen molar-refractivity contribution in [1.29, 1.82) is 0 Å². The van der Waals surface area contributed by atoms with Crippen LogP contribution in [-0.4, -0.2) is 73.5 Å². The van der Waals surface area contributed by atoms with E-state index < -0.39 is 5.60 Å². The van der Waals surface area contributed by atoms with Gasteiger partial charge in [0.1, 0.15) is 12.2 Å². The second kappa shape index (κ2) is 16.3. The van der Waals surface area contributed by atoms with Gasteiger partial charge in [0.2, 0.25) is 0 Å². The minimum absolute atomic E-state index is 0.168. The molecule has 3 aliphatic rings. The topological polar surface area (TPSA) is 80.3 Å². The van der Waals surface area contributed by atoms with Gasteiger partial charge >= 0.3 is 12.2 Å². The van der Waals surface area contributed by atoms with Crippen molar-refractivity contribution in [2.75, 3.05) is 45.9 Å². The van der Waals surface area contributed by atoms with Crippen LogP contribution in [0.4, 0.5) is 9.59 Å². The predicted octanol–water partition coefficient (Wildman–Crippen LogP) is 5.75. The summed E-state index contributed by atoms with van der Waals surface area (Å²) in [5.41, 5.74) is 0.587. The highest BCUT2D eigenvalue weighted by atomic mass is 16.6. The Morgan fingerprint density at radius 1 is 0.949 bits per heavy atom. The number of allylic oxidation sites excluding steroid dienone is 2. The molecule has 8 heteroatoms. The first kappa shape index (κ1) is 30.7. The molecule has 0 unspecified atom stereocenters. The van der Waals surface area contributed by atoms with Gasteiger partial charge in [0.05, 0.1) is 0 Å². The van der Waals surface area contributed by atoms with Crippen LogP contribution in [-0.2, 0) is 20.8 Å². The Hall–Kier alpha value is -2.84. The van der Waals surface area contributed by atoms with Crippen LogP contribution in [0.25, 0.3) is 0 Å². The molecule has 2 amide bonds. The van der Waals surface area contributed by atoms with Crippen LogP contribution in [0.15, 0.2) is 54.8 Å².